The van der Waals surface area contributed by atoms with Crippen molar-refractivity contribution in [2.45, 2.75) is 13.5 Å². The largest absolute Gasteiger partial charge is 0.457 e. The van der Waals surface area contributed by atoms with Crippen molar-refractivity contribution in [1.29, 1.82) is 0 Å². The number of halogens is 2. The fraction of sp³-hybridized carbons (Fsp3) is 0.231. The highest BCUT2D eigenvalue weighted by Gasteiger charge is 2.26. The first-order valence-corrected chi connectivity index (χ1v) is 7.48. The Bertz CT molecular complexity index is 787. The van der Waals surface area contributed by atoms with Crippen LogP contribution in [0.5, 0.6) is 0 Å². The molecule has 0 spiro atoms. The lowest BCUT2D eigenvalue weighted by molar-refractivity contribution is -0.139. The number of esters is 1. The first-order chi connectivity index (χ1) is 10.2. The molecular weight excluding hydrogens is 318 g/mol. The van der Waals surface area contributed by atoms with E-state index in [9.17, 15) is 22.0 Å². The fourth-order valence-corrected chi connectivity index (χ4v) is 2.50. The number of hydrogen-bond donors (Lipinski definition) is 0. The van der Waals surface area contributed by atoms with E-state index >= 15 is 0 Å². The smallest absolute Gasteiger partial charge is 0.344 e. The van der Waals surface area contributed by atoms with Gasteiger partial charge in [0.2, 0.25) is 0 Å². The van der Waals surface area contributed by atoms with E-state index in [4.69, 9.17) is 4.74 Å². The van der Waals surface area contributed by atoms with Gasteiger partial charge in [0.25, 0.3) is 0 Å². The quantitative estimate of drug-likeness (QED) is 0.788. The van der Waals surface area contributed by atoms with Crippen LogP contribution in [-0.4, -0.2) is 31.5 Å². The maximum atomic E-state index is 13.0. The average Bonchev–Trinajstić information content (AvgIpc) is 2.43. The summed E-state index contributed by atoms with van der Waals surface area (Å²) in [6.45, 7) is 1.08. The van der Waals surface area contributed by atoms with E-state index in [-0.39, 0.29) is 23.5 Å². The Morgan fingerprint density at radius 2 is 2.00 bits per heavy atom. The number of carbonyl (C=O) groups excluding carboxylic acids is 1. The van der Waals surface area contributed by atoms with Crippen LogP contribution in [-0.2, 0) is 26.3 Å². The molecule has 0 unspecified atom stereocenters. The molecule has 118 valence electrons. The molecule has 0 aromatic heterocycles. The minimum Gasteiger partial charge on any atom is -0.457 e. The normalized spacial score (nSPS) is 16.8. The second-order valence-electron chi connectivity index (χ2n) is 4.54. The Balaban J connectivity index is 2.10. The van der Waals surface area contributed by atoms with Crippen molar-refractivity contribution in [2.24, 2.45) is 4.40 Å². The number of benzene rings is 1. The lowest BCUT2D eigenvalue weighted by Gasteiger charge is -2.19. The van der Waals surface area contributed by atoms with Crippen molar-refractivity contribution in [3.8, 4) is 0 Å². The molecule has 0 N–H and O–H groups in total. The third-order valence-corrected chi connectivity index (χ3v) is 4.23. The van der Waals surface area contributed by atoms with E-state index in [1.54, 1.807) is 0 Å². The number of hydrogen-bond acceptors (Lipinski definition) is 4. The van der Waals surface area contributed by atoms with Gasteiger partial charge in [0.1, 0.15) is 6.61 Å². The third-order valence-electron chi connectivity index (χ3n) is 2.89. The Morgan fingerprint density at radius 3 is 2.64 bits per heavy atom. The minimum atomic E-state index is -3.81. The summed E-state index contributed by atoms with van der Waals surface area (Å²) in [4.78, 5) is 11.9. The molecule has 0 saturated carbocycles. The zero-order valence-corrected chi connectivity index (χ0v) is 12.5. The highest BCUT2D eigenvalue weighted by molar-refractivity contribution is 7.88. The van der Waals surface area contributed by atoms with Gasteiger partial charge in [0.15, 0.2) is 11.6 Å². The van der Waals surface area contributed by atoms with Crippen molar-refractivity contribution >= 4 is 21.9 Å². The van der Waals surface area contributed by atoms with Crippen molar-refractivity contribution in [2.75, 3.05) is 7.05 Å². The van der Waals surface area contributed by atoms with Crippen LogP contribution in [0, 0.1) is 11.6 Å². The van der Waals surface area contributed by atoms with Crippen LogP contribution >= 0.6 is 0 Å². The lowest BCUT2D eigenvalue weighted by atomic mass is 10.2. The average molecular weight is 330 g/mol. The lowest BCUT2D eigenvalue weighted by Crippen LogP contribution is -2.29. The summed E-state index contributed by atoms with van der Waals surface area (Å²) in [5.41, 5.74) is 0.229. The molecule has 9 heteroatoms. The number of rotatable bonds is 3. The van der Waals surface area contributed by atoms with E-state index in [0.717, 1.165) is 22.6 Å². The topological polar surface area (TPSA) is 76.0 Å². The van der Waals surface area contributed by atoms with Crippen LogP contribution in [0.2, 0.25) is 0 Å². The van der Waals surface area contributed by atoms with Crippen LogP contribution in [0.3, 0.4) is 0 Å². The molecular formula is C13H12F2N2O4S. The molecule has 1 aliphatic rings. The maximum Gasteiger partial charge on any atom is 0.344 e. The van der Waals surface area contributed by atoms with Crippen LogP contribution in [0.15, 0.2) is 34.4 Å². The van der Waals surface area contributed by atoms with Gasteiger partial charge in [-0.3, -0.25) is 4.31 Å². The molecule has 1 heterocycles. The molecule has 6 nitrogen and oxygen atoms in total. The van der Waals surface area contributed by atoms with Crippen LogP contribution in [0.1, 0.15) is 12.5 Å². The minimum absolute atomic E-state index is 0.00612. The summed E-state index contributed by atoms with van der Waals surface area (Å²) >= 11 is 0. The number of carbonyl (C=O) groups is 1. The molecule has 0 amide bonds. The zero-order valence-electron chi connectivity index (χ0n) is 11.7. The van der Waals surface area contributed by atoms with Crippen molar-refractivity contribution in [3.05, 3.63) is 47.2 Å². The molecule has 1 aromatic carbocycles. The molecule has 0 aliphatic carbocycles. The van der Waals surface area contributed by atoms with E-state index in [1.807, 2.05) is 0 Å². The molecule has 0 saturated heterocycles. The summed E-state index contributed by atoms with van der Waals surface area (Å²) in [6.07, 6.45) is 1.09. The van der Waals surface area contributed by atoms with E-state index in [0.29, 0.717) is 0 Å². The zero-order chi connectivity index (χ0) is 16.5. The second kappa shape index (κ2) is 5.84. The van der Waals surface area contributed by atoms with Gasteiger partial charge in [-0.05, 0) is 24.6 Å². The summed E-state index contributed by atoms with van der Waals surface area (Å²) in [7, 11) is -2.58. The summed E-state index contributed by atoms with van der Waals surface area (Å²) in [5, 5.41) is 0. The molecule has 1 aliphatic heterocycles. The Morgan fingerprint density at radius 1 is 1.32 bits per heavy atom. The summed E-state index contributed by atoms with van der Waals surface area (Å²) < 4.78 is 57.9. The van der Waals surface area contributed by atoms with Crippen molar-refractivity contribution in [3.63, 3.8) is 0 Å². The summed E-state index contributed by atoms with van der Waals surface area (Å²) in [5.74, 6) is -2.86. The highest BCUT2D eigenvalue weighted by Crippen LogP contribution is 2.16. The predicted octanol–water partition coefficient (Wildman–Crippen LogP) is 1.54. The Kier molecular flexibility index (Phi) is 4.27. The predicted molar refractivity (Wildman–Crippen MR) is 74.0 cm³/mol. The van der Waals surface area contributed by atoms with Crippen molar-refractivity contribution < 1.29 is 26.7 Å². The molecule has 22 heavy (non-hydrogen) atoms. The molecule has 2 rings (SSSR count). The number of ether oxygens (including phenoxy) is 1. The molecule has 1 aromatic rings. The van der Waals surface area contributed by atoms with Crippen LogP contribution in [0.25, 0.3) is 0 Å². The standard InChI is InChI=1S/C13H12F2N2O4S/c1-8-10(6-17(2)22(19,20)16-8)13(18)21-7-9-3-4-11(14)12(15)5-9/h3-6H,7H2,1-2H3. The SMILES string of the molecule is CC1=NS(=O)(=O)N(C)C=C1C(=O)OCc1ccc(F)c(F)c1. The third kappa shape index (κ3) is 3.30. The number of nitrogens with zero attached hydrogens (tertiary/aromatic N) is 2. The van der Waals surface area contributed by atoms with Gasteiger partial charge < -0.3 is 4.74 Å². The van der Waals surface area contributed by atoms with Crippen molar-refractivity contribution in [1.82, 2.24) is 4.31 Å². The van der Waals surface area contributed by atoms with Gasteiger partial charge in [0.05, 0.1) is 11.3 Å². The van der Waals surface area contributed by atoms with E-state index in [1.165, 1.54) is 20.0 Å². The van der Waals surface area contributed by atoms with Gasteiger partial charge in [-0.2, -0.15) is 8.42 Å². The van der Waals surface area contributed by atoms with E-state index in [2.05, 4.69) is 4.40 Å². The van der Waals surface area contributed by atoms with Crippen LogP contribution in [0.4, 0.5) is 8.78 Å². The Labute approximate surface area is 125 Å². The van der Waals surface area contributed by atoms with Gasteiger partial charge in [0, 0.05) is 13.2 Å². The van der Waals surface area contributed by atoms with Gasteiger partial charge in [-0.25, -0.2) is 13.6 Å². The molecule has 0 atom stereocenters. The second-order valence-corrected chi connectivity index (χ2v) is 6.19. The summed E-state index contributed by atoms with van der Waals surface area (Å²) in [6, 6.07) is 3.11. The molecule has 0 bridgehead atoms. The first kappa shape index (κ1) is 16.1. The van der Waals surface area contributed by atoms with Gasteiger partial charge >= 0.3 is 16.2 Å². The highest BCUT2D eigenvalue weighted by atomic mass is 32.2. The van der Waals surface area contributed by atoms with Gasteiger partial charge in [-0.15, -0.1) is 4.40 Å². The van der Waals surface area contributed by atoms with Crippen LogP contribution < -0.4 is 0 Å². The maximum absolute atomic E-state index is 13.0. The van der Waals surface area contributed by atoms with E-state index < -0.39 is 27.8 Å². The fourth-order valence-electron chi connectivity index (χ4n) is 1.68. The van der Waals surface area contributed by atoms with Gasteiger partial charge in [-0.1, -0.05) is 6.07 Å². The monoisotopic (exact) mass is 330 g/mol. The Hall–Kier alpha value is -2.29. The first-order valence-electron chi connectivity index (χ1n) is 6.08. The molecule has 0 radical (unpaired) electrons. The molecule has 0 fully saturated rings.